The molecule has 3 nitrogen and oxygen atoms in total. The Hall–Kier alpha value is -1.55. The molecular formula is C19H24BrN3. The summed E-state index contributed by atoms with van der Waals surface area (Å²) in [6.45, 7) is 3.87. The predicted octanol–water partition coefficient (Wildman–Crippen LogP) is 4.76. The zero-order valence-electron chi connectivity index (χ0n) is 13.6. The third-order valence-electron chi connectivity index (χ3n) is 5.08. The van der Waals surface area contributed by atoms with E-state index in [2.05, 4.69) is 57.6 Å². The first-order valence-corrected chi connectivity index (χ1v) is 9.05. The molecular weight excluding hydrogens is 350 g/mol. The highest BCUT2D eigenvalue weighted by molar-refractivity contribution is 9.10. The minimum absolute atomic E-state index is 0.556. The third-order valence-corrected chi connectivity index (χ3v) is 5.72. The van der Waals surface area contributed by atoms with E-state index in [1.807, 2.05) is 12.3 Å². The lowest BCUT2D eigenvalue weighted by Gasteiger charge is -2.22. The van der Waals surface area contributed by atoms with E-state index in [1.165, 1.54) is 31.2 Å². The monoisotopic (exact) mass is 373 g/mol. The summed E-state index contributed by atoms with van der Waals surface area (Å²) < 4.78 is 0.862. The van der Waals surface area contributed by atoms with Crippen molar-refractivity contribution in [3.05, 3.63) is 47.1 Å². The molecule has 0 radical (unpaired) electrons. The molecule has 1 aromatic heterocycles. The van der Waals surface area contributed by atoms with Crippen LogP contribution >= 0.6 is 15.9 Å². The first kappa shape index (κ1) is 16.3. The molecule has 1 saturated carbocycles. The Kier molecular flexibility index (Phi) is 4.90. The molecule has 2 atom stereocenters. The number of nitrogens with two attached hydrogens (primary N) is 1. The number of pyridine rings is 1. The van der Waals surface area contributed by atoms with E-state index in [1.54, 1.807) is 0 Å². The van der Waals surface area contributed by atoms with Crippen LogP contribution in [0.1, 0.15) is 31.2 Å². The molecule has 0 spiro atoms. The average Bonchev–Trinajstić information content (AvgIpc) is 3.02. The summed E-state index contributed by atoms with van der Waals surface area (Å²) in [6.07, 6.45) is 8.21. The van der Waals surface area contributed by atoms with Crippen LogP contribution in [0.3, 0.4) is 0 Å². The number of aromatic nitrogens is 1. The van der Waals surface area contributed by atoms with E-state index >= 15 is 0 Å². The number of benzene rings is 1. The third kappa shape index (κ3) is 3.69. The number of hydrogen-bond acceptors (Lipinski definition) is 3. The van der Waals surface area contributed by atoms with Crippen LogP contribution in [0.4, 0.5) is 5.82 Å². The van der Waals surface area contributed by atoms with Gasteiger partial charge in [0.15, 0.2) is 0 Å². The van der Waals surface area contributed by atoms with Crippen LogP contribution in [-0.2, 0) is 6.42 Å². The Bertz CT molecular complexity index is 713. The highest BCUT2D eigenvalue weighted by Gasteiger charge is 2.25. The van der Waals surface area contributed by atoms with E-state index in [4.69, 9.17) is 5.73 Å². The largest absolute Gasteiger partial charge is 0.383 e. The molecule has 4 heteroatoms. The molecule has 1 fully saturated rings. The van der Waals surface area contributed by atoms with Gasteiger partial charge in [0, 0.05) is 18.5 Å². The summed E-state index contributed by atoms with van der Waals surface area (Å²) >= 11 is 3.43. The summed E-state index contributed by atoms with van der Waals surface area (Å²) in [5, 5.41) is 1.13. The van der Waals surface area contributed by atoms with Gasteiger partial charge in [-0.1, -0.05) is 18.7 Å². The van der Waals surface area contributed by atoms with Crippen molar-refractivity contribution in [2.24, 2.45) is 5.92 Å². The Morgan fingerprint density at radius 2 is 2.22 bits per heavy atom. The number of nitrogens with zero attached hydrogens (tertiary/aromatic N) is 2. The fraction of sp³-hybridized carbons (Fsp3) is 0.421. The second-order valence-electron chi connectivity index (χ2n) is 6.60. The van der Waals surface area contributed by atoms with Crippen molar-refractivity contribution in [2.75, 3.05) is 12.8 Å². The minimum Gasteiger partial charge on any atom is -0.383 e. The van der Waals surface area contributed by atoms with Crippen molar-refractivity contribution in [3.63, 3.8) is 0 Å². The van der Waals surface area contributed by atoms with Gasteiger partial charge in [0.05, 0.1) is 9.99 Å². The zero-order valence-corrected chi connectivity index (χ0v) is 15.2. The van der Waals surface area contributed by atoms with Gasteiger partial charge in [-0.25, -0.2) is 4.98 Å². The summed E-state index contributed by atoms with van der Waals surface area (Å²) in [5.74, 6) is 1.38. The van der Waals surface area contributed by atoms with E-state index in [0.717, 1.165) is 27.7 Å². The lowest BCUT2D eigenvalue weighted by Crippen LogP contribution is -2.23. The van der Waals surface area contributed by atoms with Crippen LogP contribution in [0.25, 0.3) is 10.9 Å². The Morgan fingerprint density at radius 1 is 1.39 bits per heavy atom. The van der Waals surface area contributed by atoms with Crippen molar-refractivity contribution in [2.45, 2.75) is 38.1 Å². The van der Waals surface area contributed by atoms with Gasteiger partial charge in [-0.05, 0) is 77.8 Å². The SMILES string of the molecule is C=CN(C)C1CCC(CCc2ccc3cc(Br)c(N)nc3c2)C1. The van der Waals surface area contributed by atoms with Crippen LogP contribution in [0.2, 0.25) is 0 Å². The van der Waals surface area contributed by atoms with Crippen molar-refractivity contribution in [1.29, 1.82) is 0 Å². The fourth-order valence-electron chi connectivity index (χ4n) is 3.56. The topological polar surface area (TPSA) is 42.1 Å². The Balaban J connectivity index is 1.64. The molecule has 3 rings (SSSR count). The molecule has 1 heterocycles. The number of fused-ring (bicyclic) bond motifs is 1. The maximum atomic E-state index is 5.90. The molecule has 1 aromatic carbocycles. The molecule has 0 aliphatic heterocycles. The average molecular weight is 374 g/mol. The Labute approximate surface area is 146 Å². The number of hydrogen-bond donors (Lipinski definition) is 1. The van der Waals surface area contributed by atoms with Crippen LogP contribution in [0.15, 0.2) is 41.5 Å². The van der Waals surface area contributed by atoms with Crippen LogP contribution < -0.4 is 5.73 Å². The number of aryl methyl sites for hydroxylation is 1. The van der Waals surface area contributed by atoms with Crippen molar-refractivity contribution in [3.8, 4) is 0 Å². The van der Waals surface area contributed by atoms with Crippen LogP contribution in [0.5, 0.6) is 0 Å². The van der Waals surface area contributed by atoms with Gasteiger partial charge in [-0.15, -0.1) is 0 Å². The molecule has 2 aromatic rings. The second kappa shape index (κ2) is 6.91. The summed E-state index contributed by atoms with van der Waals surface area (Å²) in [7, 11) is 2.14. The highest BCUT2D eigenvalue weighted by atomic mass is 79.9. The van der Waals surface area contributed by atoms with Crippen LogP contribution in [-0.4, -0.2) is 23.0 Å². The fourth-order valence-corrected chi connectivity index (χ4v) is 3.89. The van der Waals surface area contributed by atoms with E-state index in [-0.39, 0.29) is 0 Å². The van der Waals surface area contributed by atoms with Gasteiger partial charge in [0.25, 0.3) is 0 Å². The number of halogens is 1. The summed E-state index contributed by atoms with van der Waals surface area (Å²) in [4.78, 5) is 6.74. The predicted molar refractivity (Wildman–Crippen MR) is 101 cm³/mol. The lowest BCUT2D eigenvalue weighted by atomic mass is 9.97. The zero-order chi connectivity index (χ0) is 16.4. The highest BCUT2D eigenvalue weighted by Crippen LogP contribution is 2.32. The molecule has 122 valence electrons. The first-order valence-electron chi connectivity index (χ1n) is 8.26. The minimum atomic E-state index is 0.556. The van der Waals surface area contributed by atoms with Gasteiger partial charge < -0.3 is 10.6 Å². The number of nitrogen functional groups attached to an aromatic ring is 1. The molecule has 1 aliphatic carbocycles. The van der Waals surface area contributed by atoms with Crippen LogP contribution in [0, 0.1) is 5.92 Å². The number of rotatable bonds is 5. The number of anilines is 1. The maximum absolute atomic E-state index is 5.90. The quantitative estimate of drug-likeness (QED) is 0.821. The Morgan fingerprint density at radius 3 is 3.00 bits per heavy atom. The molecule has 23 heavy (non-hydrogen) atoms. The normalized spacial score (nSPS) is 20.8. The van der Waals surface area contributed by atoms with Gasteiger partial charge >= 0.3 is 0 Å². The van der Waals surface area contributed by atoms with Crippen molar-refractivity contribution >= 4 is 32.7 Å². The molecule has 2 unspecified atom stereocenters. The van der Waals surface area contributed by atoms with Gasteiger partial charge in [-0.2, -0.15) is 0 Å². The van der Waals surface area contributed by atoms with Gasteiger partial charge in [0.1, 0.15) is 5.82 Å². The standard InChI is InChI=1S/C19H24BrN3/c1-3-23(2)16-9-7-13(10-16)4-5-14-6-8-15-12-17(20)19(21)22-18(15)11-14/h3,6,8,11-13,16H,1,4-5,7,9-10H2,2H3,(H2,21,22). The first-order chi connectivity index (χ1) is 11.1. The van der Waals surface area contributed by atoms with E-state index in [0.29, 0.717) is 11.9 Å². The lowest BCUT2D eigenvalue weighted by molar-refractivity contribution is 0.323. The molecule has 0 saturated heterocycles. The van der Waals surface area contributed by atoms with E-state index < -0.39 is 0 Å². The smallest absolute Gasteiger partial charge is 0.138 e. The summed E-state index contributed by atoms with van der Waals surface area (Å²) in [6, 6.07) is 9.25. The summed E-state index contributed by atoms with van der Waals surface area (Å²) in [5.41, 5.74) is 8.23. The van der Waals surface area contributed by atoms with Gasteiger partial charge in [0.2, 0.25) is 0 Å². The molecule has 1 aliphatic rings. The van der Waals surface area contributed by atoms with E-state index in [9.17, 15) is 0 Å². The van der Waals surface area contributed by atoms with Gasteiger partial charge in [-0.3, -0.25) is 0 Å². The molecule has 0 amide bonds. The second-order valence-corrected chi connectivity index (χ2v) is 7.46. The van der Waals surface area contributed by atoms with Crippen molar-refractivity contribution in [1.82, 2.24) is 9.88 Å². The molecule has 2 N–H and O–H groups in total. The van der Waals surface area contributed by atoms with Crippen molar-refractivity contribution < 1.29 is 0 Å². The molecule has 0 bridgehead atoms. The maximum Gasteiger partial charge on any atom is 0.138 e.